The number of allylic oxidation sites excluding steroid dienone is 2. The molecular weight excluding hydrogens is 328 g/mol. The Morgan fingerprint density at radius 1 is 1.15 bits per heavy atom. The molecule has 0 aromatic heterocycles. The lowest BCUT2D eigenvalue weighted by Crippen LogP contribution is -2.40. The number of nitrogens with one attached hydrogen (secondary N) is 1. The molecule has 1 aromatic carbocycles. The van der Waals surface area contributed by atoms with E-state index in [0.29, 0.717) is 31.9 Å². The van der Waals surface area contributed by atoms with E-state index in [0.717, 1.165) is 5.69 Å². The van der Waals surface area contributed by atoms with Gasteiger partial charge in [-0.15, -0.1) is 0 Å². The third-order valence-corrected chi connectivity index (χ3v) is 5.40. The second-order valence-electron chi connectivity index (χ2n) is 8.04. The van der Waals surface area contributed by atoms with Crippen LogP contribution in [0.5, 0.6) is 0 Å². The van der Waals surface area contributed by atoms with Gasteiger partial charge < -0.3 is 15.0 Å². The number of hydrogen-bond acceptors (Lipinski definition) is 3. The monoisotopic (exact) mass is 356 g/mol. The molecule has 1 aliphatic heterocycles. The van der Waals surface area contributed by atoms with Crippen molar-refractivity contribution in [1.82, 2.24) is 4.90 Å². The van der Waals surface area contributed by atoms with E-state index in [9.17, 15) is 9.59 Å². The summed E-state index contributed by atoms with van der Waals surface area (Å²) in [6.07, 6.45) is 2.19. The second kappa shape index (κ2) is 7.23. The minimum absolute atomic E-state index is 0.00636. The Kier molecular flexibility index (Phi) is 5.19. The Hall–Kier alpha value is -2.14. The van der Waals surface area contributed by atoms with Gasteiger partial charge in [0.15, 0.2) is 0 Å². The van der Waals surface area contributed by atoms with Gasteiger partial charge in [0.2, 0.25) is 5.91 Å². The van der Waals surface area contributed by atoms with Gasteiger partial charge in [0.1, 0.15) is 0 Å². The Morgan fingerprint density at radius 3 is 2.35 bits per heavy atom. The molecule has 1 saturated carbocycles. The molecule has 2 fully saturated rings. The summed E-state index contributed by atoms with van der Waals surface area (Å²) in [5, 5.41) is 3.00. The van der Waals surface area contributed by atoms with Gasteiger partial charge in [-0.05, 0) is 49.4 Å². The van der Waals surface area contributed by atoms with Crippen LogP contribution in [0.1, 0.15) is 38.1 Å². The molecule has 26 heavy (non-hydrogen) atoms. The van der Waals surface area contributed by atoms with Crippen molar-refractivity contribution in [1.29, 1.82) is 0 Å². The van der Waals surface area contributed by atoms with E-state index in [4.69, 9.17) is 4.74 Å². The third-order valence-electron chi connectivity index (χ3n) is 5.40. The van der Waals surface area contributed by atoms with Gasteiger partial charge in [-0.25, -0.2) is 0 Å². The van der Waals surface area contributed by atoms with E-state index < -0.39 is 0 Å². The van der Waals surface area contributed by atoms with Gasteiger partial charge in [0.05, 0.1) is 19.1 Å². The number of morpholine rings is 1. The largest absolute Gasteiger partial charge is 0.378 e. The van der Waals surface area contributed by atoms with Crippen LogP contribution in [0.4, 0.5) is 5.69 Å². The van der Waals surface area contributed by atoms with Crippen LogP contribution < -0.4 is 5.32 Å². The van der Waals surface area contributed by atoms with Crippen molar-refractivity contribution in [2.75, 3.05) is 31.6 Å². The van der Waals surface area contributed by atoms with Gasteiger partial charge in [0.25, 0.3) is 5.91 Å². The highest BCUT2D eigenvalue weighted by Crippen LogP contribution is 2.59. The fourth-order valence-electron chi connectivity index (χ4n) is 3.71. The molecule has 0 bridgehead atoms. The van der Waals surface area contributed by atoms with Gasteiger partial charge in [-0.1, -0.05) is 25.5 Å². The summed E-state index contributed by atoms with van der Waals surface area (Å²) in [6.45, 7) is 10.8. The fraction of sp³-hybridized carbons (Fsp3) is 0.524. The summed E-state index contributed by atoms with van der Waals surface area (Å²) < 4.78 is 5.28. The maximum Gasteiger partial charge on any atom is 0.254 e. The topological polar surface area (TPSA) is 58.6 Å². The molecule has 5 heteroatoms. The number of hydrogen-bond donors (Lipinski definition) is 1. The Balaban J connectivity index is 1.62. The maximum atomic E-state index is 12.6. The predicted molar refractivity (Wildman–Crippen MR) is 102 cm³/mol. The van der Waals surface area contributed by atoms with Crippen molar-refractivity contribution in [3.63, 3.8) is 0 Å². The van der Waals surface area contributed by atoms with Crippen molar-refractivity contribution in [2.24, 2.45) is 17.3 Å². The SMILES string of the molecule is CC(C)=C[C@H]1[C@H](C(=O)Nc2ccc(C(=O)N3CCOCC3)cc2)C1(C)C. The summed E-state index contributed by atoms with van der Waals surface area (Å²) in [6, 6.07) is 7.16. The number of carbonyl (C=O) groups excluding carboxylic acids is 2. The van der Waals surface area contributed by atoms with E-state index >= 15 is 0 Å². The zero-order chi connectivity index (χ0) is 18.9. The predicted octanol–water partition coefficient (Wildman–Crippen LogP) is 3.34. The van der Waals surface area contributed by atoms with E-state index in [1.165, 1.54) is 5.57 Å². The molecule has 2 aliphatic rings. The summed E-state index contributed by atoms with van der Waals surface area (Å²) in [7, 11) is 0. The standard InChI is InChI=1S/C21H28N2O3/c1-14(2)13-17-18(21(17,3)4)19(24)22-16-7-5-15(6-8-16)20(25)23-9-11-26-12-10-23/h5-8,13,17-18H,9-12H2,1-4H3,(H,22,24)/t17-,18+/m0/s1. The van der Waals surface area contributed by atoms with E-state index in [1.807, 2.05) is 0 Å². The van der Waals surface area contributed by atoms with Crippen LogP contribution in [-0.2, 0) is 9.53 Å². The molecule has 140 valence electrons. The highest BCUT2D eigenvalue weighted by Gasteiger charge is 2.60. The number of carbonyl (C=O) groups is 2. The highest BCUT2D eigenvalue weighted by molar-refractivity contribution is 5.97. The Labute approximate surface area is 155 Å². The lowest BCUT2D eigenvalue weighted by Gasteiger charge is -2.26. The second-order valence-corrected chi connectivity index (χ2v) is 8.04. The minimum Gasteiger partial charge on any atom is -0.378 e. The molecule has 1 heterocycles. The molecule has 5 nitrogen and oxygen atoms in total. The Morgan fingerprint density at radius 2 is 1.77 bits per heavy atom. The molecule has 2 atom stereocenters. The van der Waals surface area contributed by atoms with E-state index in [-0.39, 0.29) is 29.1 Å². The lowest BCUT2D eigenvalue weighted by atomic mass is 10.1. The molecule has 1 saturated heterocycles. The number of anilines is 1. The molecule has 2 amide bonds. The molecule has 3 rings (SSSR count). The number of nitrogens with zero attached hydrogens (tertiary/aromatic N) is 1. The maximum absolute atomic E-state index is 12.6. The summed E-state index contributed by atoms with van der Waals surface area (Å²) >= 11 is 0. The third kappa shape index (κ3) is 3.83. The molecule has 1 aromatic rings. The number of rotatable bonds is 4. The smallest absolute Gasteiger partial charge is 0.254 e. The van der Waals surface area contributed by atoms with E-state index in [2.05, 4.69) is 39.1 Å². The van der Waals surface area contributed by atoms with Crippen LogP contribution in [0.25, 0.3) is 0 Å². The first-order valence-corrected chi connectivity index (χ1v) is 9.23. The van der Waals surface area contributed by atoms with Gasteiger partial charge >= 0.3 is 0 Å². The average molecular weight is 356 g/mol. The summed E-state index contributed by atoms with van der Waals surface area (Å²) in [4.78, 5) is 26.9. The zero-order valence-corrected chi connectivity index (χ0v) is 16.0. The van der Waals surface area contributed by atoms with Gasteiger partial charge in [0, 0.05) is 24.3 Å². The summed E-state index contributed by atoms with van der Waals surface area (Å²) in [5.41, 5.74) is 2.60. The van der Waals surface area contributed by atoms with Crippen molar-refractivity contribution in [2.45, 2.75) is 27.7 Å². The minimum atomic E-state index is -0.00735. The van der Waals surface area contributed by atoms with Gasteiger partial charge in [-0.3, -0.25) is 9.59 Å². The average Bonchev–Trinajstić information content (AvgIpc) is 3.15. The molecule has 1 N–H and O–H groups in total. The van der Waals surface area contributed by atoms with Crippen LogP contribution in [0.2, 0.25) is 0 Å². The van der Waals surface area contributed by atoms with E-state index in [1.54, 1.807) is 29.2 Å². The van der Waals surface area contributed by atoms with Crippen molar-refractivity contribution in [3.05, 3.63) is 41.5 Å². The first kappa shape index (κ1) is 18.6. The van der Waals surface area contributed by atoms with Crippen LogP contribution in [-0.4, -0.2) is 43.0 Å². The quantitative estimate of drug-likeness (QED) is 0.842. The fourth-order valence-corrected chi connectivity index (χ4v) is 3.71. The van der Waals surface area contributed by atoms with Crippen molar-refractivity contribution >= 4 is 17.5 Å². The first-order valence-electron chi connectivity index (χ1n) is 9.23. The lowest BCUT2D eigenvalue weighted by molar-refractivity contribution is -0.118. The molecule has 0 unspecified atom stereocenters. The van der Waals surface area contributed by atoms with Crippen LogP contribution in [0.3, 0.4) is 0 Å². The van der Waals surface area contributed by atoms with Gasteiger partial charge in [-0.2, -0.15) is 0 Å². The first-order chi connectivity index (χ1) is 12.3. The van der Waals surface area contributed by atoms with Crippen molar-refractivity contribution < 1.29 is 14.3 Å². The van der Waals surface area contributed by atoms with Crippen LogP contribution in [0.15, 0.2) is 35.9 Å². The number of amides is 2. The molecular formula is C21H28N2O3. The van der Waals surface area contributed by atoms with Crippen molar-refractivity contribution in [3.8, 4) is 0 Å². The number of benzene rings is 1. The van der Waals surface area contributed by atoms with Crippen LogP contribution >= 0.6 is 0 Å². The highest BCUT2D eigenvalue weighted by atomic mass is 16.5. The Bertz CT molecular complexity index is 711. The molecule has 1 aliphatic carbocycles. The number of ether oxygens (including phenoxy) is 1. The normalized spacial score (nSPS) is 23.9. The molecule has 0 radical (unpaired) electrons. The molecule has 0 spiro atoms. The van der Waals surface area contributed by atoms with Crippen LogP contribution in [0, 0.1) is 17.3 Å². The summed E-state index contributed by atoms with van der Waals surface area (Å²) in [5.74, 6) is 0.338. The zero-order valence-electron chi connectivity index (χ0n) is 16.0.